The van der Waals surface area contributed by atoms with Crippen molar-refractivity contribution in [3.8, 4) is 46.0 Å². The number of para-hydroxylation sites is 8. The van der Waals surface area contributed by atoms with Crippen LogP contribution in [0.2, 0.25) is 0 Å². The van der Waals surface area contributed by atoms with Crippen molar-refractivity contribution in [2.75, 3.05) is 9.80 Å². The Hall–Kier alpha value is -7.70. The lowest BCUT2D eigenvalue weighted by atomic mass is 9.74. The van der Waals surface area contributed by atoms with Crippen molar-refractivity contribution in [1.29, 1.82) is 0 Å². The zero-order valence-electron chi connectivity index (χ0n) is 32.5. The van der Waals surface area contributed by atoms with Gasteiger partial charge in [0, 0.05) is 39.3 Å². The molecule has 0 aromatic heterocycles. The van der Waals surface area contributed by atoms with Gasteiger partial charge in [0.15, 0.2) is 46.0 Å². The molecule has 2 heterocycles. The lowest BCUT2D eigenvalue weighted by Crippen LogP contribution is -2.24. The molecule has 59 heavy (non-hydrogen) atoms. The first-order valence-electron chi connectivity index (χ1n) is 19.8. The molecule has 0 bridgehead atoms. The van der Waals surface area contributed by atoms with Crippen molar-refractivity contribution in [2.24, 2.45) is 0 Å². The average molecular weight is 767 g/mol. The Morgan fingerprint density at radius 2 is 0.610 bits per heavy atom. The van der Waals surface area contributed by atoms with Gasteiger partial charge in [-0.05, 0) is 96.1 Å². The van der Waals surface area contributed by atoms with Gasteiger partial charge >= 0.3 is 0 Å². The lowest BCUT2D eigenvalue weighted by molar-refractivity contribution is 0.357. The number of anilines is 6. The average Bonchev–Trinajstić information content (AvgIpc) is 3.40. The van der Waals surface area contributed by atoms with Crippen LogP contribution in [0.3, 0.4) is 0 Å². The fourth-order valence-electron chi connectivity index (χ4n) is 8.53. The highest BCUT2D eigenvalue weighted by Gasteiger charge is 2.40. The first kappa shape index (κ1) is 34.5. The summed E-state index contributed by atoms with van der Waals surface area (Å²) in [5.74, 6) is 5.21. The van der Waals surface area contributed by atoms with Crippen molar-refractivity contribution >= 4 is 46.3 Å². The van der Waals surface area contributed by atoms with E-state index in [-0.39, 0.29) is 0 Å². The van der Waals surface area contributed by atoms with Gasteiger partial charge in [-0.1, -0.05) is 123 Å². The molecule has 8 aromatic rings. The van der Waals surface area contributed by atoms with E-state index in [0.29, 0.717) is 46.0 Å². The third-order valence-corrected chi connectivity index (χ3v) is 11.4. The normalized spacial score (nSPS) is 13.5. The Balaban J connectivity index is 1.20. The van der Waals surface area contributed by atoms with E-state index in [0.717, 1.165) is 56.4 Å². The van der Waals surface area contributed by atoms with Gasteiger partial charge in [-0.15, -0.1) is 0 Å². The zero-order valence-corrected chi connectivity index (χ0v) is 32.5. The van der Waals surface area contributed by atoms with Crippen LogP contribution in [0.15, 0.2) is 182 Å². The molecule has 0 fully saturated rings. The van der Waals surface area contributed by atoms with Crippen LogP contribution >= 0.6 is 0 Å². The summed E-state index contributed by atoms with van der Waals surface area (Å²) in [7, 11) is 0. The molecule has 1 aliphatic carbocycles. The molecule has 0 spiro atoms. The molecule has 3 aliphatic rings. The number of hydrogen-bond donors (Lipinski definition) is 0. The van der Waals surface area contributed by atoms with Gasteiger partial charge < -0.3 is 28.7 Å². The topological polar surface area (TPSA) is 43.4 Å². The van der Waals surface area contributed by atoms with Crippen molar-refractivity contribution in [2.45, 2.75) is 19.3 Å². The van der Waals surface area contributed by atoms with Crippen LogP contribution in [-0.2, 0) is 5.41 Å². The molecular formula is C53H38N2O4. The van der Waals surface area contributed by atoms with Crippen LogP contribution in [0.1, 0.15) is 36.1 Å². The second-order valence-corrected chi connectivity index (χ2v) is 15.3. The van der Waals surface area contributed by atoms with Crippen LogP contribution in [0.4, 0.5) is 34.1 Å². The molecule has 6 heteroatoms. The third kappa shape index (κ3) is 5.71. The minimum Gasteiger partial charge on any atom is -0.449 e. The maximum atomic E-state index is 6.96. The van der Waals surface area contributed by atoms with E-state index < -0.39 is 5.41 Å². The summed E-state index contributed by atoms with van der Waals surface area (Å²) in [4.78, 5) is 4.50. The van der Waals surface area contributed by atoms with Crippen LogP contribution in [0, 0.1) is 0 Å². The molecule has 284 valence electrons. The molecule has 0 radical (unpaired) electrons. The van der Waals surface area contributed by atoms with E-state index in [4.69, 9.17) is 18.9 Å². The molecule has 0 saturated heterocycles. The first-order valence-corrected chi connectivity index (χ1v) is 19.8. The summed E-state index contributed by atoms with van der Waals surface area (Å²) in [6.45, 7) is 4.56. The van der Waals surface area contributed by atoms with Gasteiger partial charge in [0.25, 0.3) is 0 Å². The molecule has 0 N–H and O–H groups in total. The van der Waals surface area contributed by atoms with Crippen molar-refractivity contribution in [1.82, 2.24) is 0 Å². The minimum atomic E-state index is -0.625. The number of benzene rings is 8. The molecule has 6 nitrogen and oxygen atoms in total. The highest BCUT2D eigenvalue weighted by molar-refractivity contribution is 5.94. The van der Waals surface area contributed by atoms with E-state index in [1.54, 1.807) is 0 Å². The van der Waals surface area contributed by atoms with Crippen molar-refractivity contribution in [3.63, 3.8) is 0 Å². The van der Waals surface area contributed by atoms with Gasteiger partial charge in [-0.2, -0.15) is 0 Å². The molecule has 0 amide bonds. The van der Waals surface area contributed by atoms with Crippen LogP contribution < -0.4 is 28.7 Å². The number of fused-ring (bicyclic) bond motifs is 8. The van der Waals surface area contributed by atoms with E-state index in [2.05, 4.69) is 145 Å². The Labute approximate surface area is 343 Å². The minimum absolute atomic E-state index is 0.625. The summed E-state index contributed by atoms with van der Waals surface area (Å²) < 4.78 is 27.7. The van der Waals surface area contributed by atoms with E-state index in [1.807, 2.05) is 72.8 Å². The fourth-order valence-corrected chi connectivity index (χ4v) is 8.53. The second-order valence-electron chi connectivity index (χ2n) is 15.3. The summed E-state index contributed by atoms with van der Waals surface area (Å²) in [6.07, 6.45) is 4.29. The lowest BCUT2D eigenvalue weighted by Gasteiger charge is -2.37. The highest BCUT2D eigenvalue weighted by Crippen LogP contribution is 2.61. The first-order chi connectivity index (χ1) is 29.0. The Morgan fingerprint density at radius 3 is 0.915 bits per heavy atom. The predicted molar refractivity (Wildman–Crippen MR) is 236 cm³/mol. The van der Waals surface area contributed by atoms with Crippen molar-refractivity contribution < 1.29 is 18.9 Å². The predicted octanol–water partition coefficient (Wildman–Crippen LogP) is 15.2. The Kier molecular flexibility index (Phi) is 8.05. The second kappa shape index (κ2) is 13.7. The molecule has 0 atom stereocenters. The monoisotopic (exact) mass is 766 g/mol. The van der Waals surface area contributed by atoms with Crippen molar-refractivity contribution in [3.05, 3.63) is 204 Å². The van der Waals surface area contributed by atoms with E-state index >= 15 is 0 Å². The van der Waals surface area contributed by atoms with Crippen LogP contribution in [-0.4, -0.2) is 0 Å². The van der Waals surface area contributed by atoms with Gasteiger partial charge in [0.05, 0.1) is 11.4 Å². The van der Waals surface area contributed by atoms with Crippen LogP contribution in [0.5, 0.6) is 46.0 Å². The summed E-state index contributed by atoms with van der Waals surface area (Å²) in [6, 6.07) is 61.9. The molecule has 0 saturated carbocycles. The standard InChI is InChI=1S/C53H38N2O4/c1-53(2)41-33-43(54(35-19-7-3-8-20-35)36-21-9-4-10-22-36)51-49(56-45-27-15-17-29-47(45)58-51)39(41)31-32-40-42(53)34-44(52-50(40)57-46-28-16-18-30-48(46)59-52)55(37-23-11-5-12-24-37)38-25-13-6-14-26-38/h3-34H,1-2H3. The quantitative estimate of drug-likeness (QED) is 0.168. The molecular weight excluding hydrogens is 729 g/mol. The molecule has 11 rings (SSSR count). The summed E-state index contributed by atoms with van der Waals surface area (Å²) in [5.41, 5.74) is 9.05. The fraction of sp³-hybridized carbons (Fsp3) is 0.0566. The Bertz CT molecular complexity index is 2630. The van der Waals surface area contributed by atoms with Gasteiger partial charge in [-0.3, -0.25) is 0 Å². The summed E-state index contributed by atoms with van der Waals surface area (Å²) >= 11 is 0. The smallest absolute Gasteiger partial charge is 0.194 e. The largest absolute Gasteiger partial charge is 0.449 e. The van der Waals surface area contributed by atoms with E-state index in [1.165, 1.54) is 0 Å². The maximum Gasteiger partial charge on any atom is 0.194 e. The zero-order chi connectivity index (χ0) is 39.5. The van der Waals surface area contributed by atoms with Crippen LogP contribution in [0.25, 0.3) is 12.2 Å². The summed E-state index contributed by atoms with van der Waals surface area (Å²) in [5, 5.41) is 0. The highest BCUT2D eigenvalue weighted by atomic mass is 16.6. The number of nitrogens with zero attached hydrogens (tertiary/aromatic N) is 2. The third-order valence-electron chi connectivity index (χ3n) is 11.4. The number of ether oxygens (including phenoxy) is 4. The van der Waals surface area contributed by atoms with Gasteiger partial charge in [0.2, 0.25) is 0 Å². The maximum absolute atomic E-state index is 6.96. The number of hydrogen-bond acceptors (Lipinski definition) is 6. The number of rotatable bonds is 6. The molecule has 8 aromatic carbocycles. The van der Waals surface area contributed by atoms with E-state index in [9.17, 15) is 0 Å². The SMILES string of the molecule is CC1(C)c2cc(N(c3ccccc3)c3ccccc3)c3c(c2C=Cc2c1cc(N(c1ccccc1)c1ccccc1)c1c2Oc2ccccc2O1)Oc1ccccc1O3. The van der Waals surface area contributed by atoms with Gasteiger partial charge in [-0.25, -0.2) is 0 Å². The molecule has 0 unspecified atom stereocenters. The molecule has 2 aliphatic heterocycles. The Morgan fingerprint density at radius 1 is 0.339 bits per heavy atom. The van der Waals surface area contributed by atoms with Gasteiger partial charge in [0.1, 0.15) is 0 Å².